The zero-order valence-electron chi connectivity index (χ0n) is 15.5. The number of hydrogen-bond donors (Lipinski definition) is 0. The fraction of sp³-hybridized carbons (Fsp3) is 0.263. The molecule has 0 aliphatic carbocycles. The Labute approximate surface area is 184 Å². The molecule has 1 amide bonds. The summed E-state index contributed by atoms with van der Waals surface area (Å²) in [4.78, 5) is 20.9. The van der Waals surface area contributed by atoms with E-state index in [1.807, 2.05) is 37.2 Å². The van der Waals surface area contributed by atoms with E-state index in [0.717, 1.165) is 26.8 Å². The standard InChI is InChI=1S/C19H17BrF3N3OS.ClH/c1-25(2)8-9-26(18-24-15-7-6-14(20)11-16(15)28-18)17(27)12-4-3-5-13(10-12)19(21,22)23;/h3-7,10-11H,8-9H2,1-2H3;1H. The van der Waals surface area contributed by atoms with Gasteiger partial charge < -0.3 is 4.90 Å². The second-order valence-corrected chi connectivity index (χ2v) is 8.37. The largest absolute Gasteiger partial charge is 0.416 e. The summed E-state index contributed by atoms with van der Waals surface area (Å²) in [5.41, 5.74) is -0.136. The molecule has 10 heteroatoms. The molecule has 29 heavy (non-hydrogen) atoms. The molecule has 0 radical (unpaired) electrons. The Hall–Kier alpha value is -1.68. The molecule has 3 aromatic rings. The number of rotatable bonds is 5. The van der Waals surface area contributed by atoms with Gasteiger partial charge in [0.05, 0.1) is 15.8 Å². The van der Waals surface area contributed by atoms with Gasteiger partial charge in [0, 0.05) is 23.1 Å². The Kier molecular flexibility index (Phi) is 7.67. The van der Waals surface area contributed by atoms with Crippen molar-refractivity contribution in [2.75, 3.05) is 32.1 Å². The number of aromatic nitrogens is 1. The number of benzene rings is 2. The third-order valence-corrected chi connectivity index (χ3v) is 5.56. The highest BCUT2D eigenvalue weighted by Crippen LogP contribution is 2.33. The summed E-state index contributed by atoms with van der Waals surface area (Å²) in [6.45, 7) is 0.855. The van der Waals surface area contributed by atoms with Gasteiger partial charge in [-0.1, -0.05) is 33.3 Å². The number of carbonyl (C=O) groups is 1. The van der Waals surface area contributed by atoms with Crippen molar-refractivity contribution in [1.29, 1.82) is 0 Å². The van der Waals surface area contributed by atoms with E-state index in [9.17, 15) is 18.0 Å². The van der Waals surface area contributed by atoms with Gasteiger partial charge in [-0.3, -0.25) is 9.69 Å². The second kappa shape index (κ2) is 9.42. The highest BCUT2D eigenvalue weighted by Gasteiger charge is 2.31. The number of thiazole rings is 1. The highest BCUT2D eigenvalue weighted by molar-refractivity contribution is 9.10. The molecule has 0 N–H and O–H groups in total. The van der Waals surface area contributed by atoms with Crippen LogP contribution >= 0.6 is 39.7 Å². The fourth-order valence-corrected chi connectivity index (χ4v) is 4.11. The average Bonchev–Trinajstić information content (AvgIpc) is 3.03. The monoisotopic (exact) mass is 507 g/mol. The van der Waals surface area contributed by atoms with Crippen LogP contribution in [-0.2, 0) is 6.18 Å². The summed E-state index contributed by atoms with van der Waals surface area (Å²) < 4.78 is 40.9. The maximum atomic E-state index is 13.1. The second-order valence-electron chi connectivity index (χ2n) is 6.45. The molecule has 0 fully saturated rings. The van der Waals surface area contributed by atoms with Gasteiger partial charge in [-0.15, -0.1) is 12.4 Å². The van der Waals surface area contributed by atoms with Crippen LogP contribution in [0, 0.1) is 0 Å². The zero-order valence-corrected chi connectivity index (χ0v) is 18.8. The molecule has 1 aromatic heterocycles. The summed E-state index contributed by atoms with van der Waals surface area (Å²) in [5, 5.41) is 0.456. The Bertz CT molecular complexity index is 1010. The minimum absolute atomic E-state index is 0. The molecule has 0 aliphatic heterocycles. The highest BCUT2D eigenvalue weighted by atomic mass is 79.9. The summed E-state index contributed by atoms with van der Waals surface area (Å²) in [7, 11) is 3.73. The molecule has 0 aliphatic rings. The van der Waals surface area contributed by atoms with Crippen molar-refractivity contribution < 1.29 is 18.0 Å². The quantitative estimate of drug-likeness (QED) is 0.443. The zero-order chi connectivity index (χ0) is 20.5. The van der Waals surface area contributed by atoms with E-state index < -0.39 is 17.6 Å². The summed E-state index contributed by atoms with van der Waals surface area (Å²) in [5.74, 6) is -0.508. The van der Waals surface area contributed by atoms with Crippen LogP contribution in [0.3, 0.4) is 0 Å². The SMILES string of the molecule is CN(C)CCN(C(=O)c1cccc(C(F)(F)F)c1)c1nc2ccc(Br)cc2s1.Cl. The molecule has 2 aromatic carbocycles. The van der Waals surface area contributed by atoms with Gasteiger partial charge in [0.1, 0.15) is 0 Å². The van der Waals surface area contributed by atoms with Crippen molar-refractivity contribution in [2.45, 2.75) is 6.18 Å². The van der Waals surface area contributed by atoms with Crippen LogP contribution in [0.25, 0.3) is 10.2 Å². The molecule has 4 nitrogen and oxygen atoms in total. The molecule has 0 unspecified atom stereocenters. The topological polar surface area (TPSA) is 36.4 Å². The van der Waals surface area contributed by atoms with Crippen LogP contribution in [0.2, 0.25) is 0 Å². The van der Waals surface area contributed by atoms with Crippen molar-refractivity contribution in [3.63, 3.8) is 0 Å². The minimum atomic E-state index is -4.51. The van der Waals surface area contributed by atoms with Gasteiger partial charge in [-0.25, -0.2) is 4.98 Å². The molecule has 156 valence electrons. The van der Waals surface area contributed by atoms with Crippen molar-refractivity contribution in [1.82, 2.24) is 9.88 Å². The number of nitrogens with zero attached hydrogens (tertiary/aromatic N) is 3. The third-order valence-electron chi connectivity index (χ3n) is 4.02. The van der Waals surface area contributed by atoms with Crippen molar-refractivity contribution in [3.8, 4) is 0 Å². The van der Waals surface area contributed by atoms with Gasteiger partial charge in [0.25, 0.3) is 5.91 Å². The predicted molar refractivity (Wildman–Crippen MR) is 116 cm³/mol. The first-order valence-electron chi connectivity index (χ1n) is 8.35. The molecule has 0 atom stereocenters. The Morgan fingerprint density at radius 2 is 1.86 bits per heavy atom. The van der Waals surface area contributed by atoms with Crippen LogP contribution in [0.15, 0.2) is 46.9 Å². The molecular weight excluding hydrogens is 491 g/mol. The van der Waals surface area contributed by atoms with Gasteiger partial charge in [0.15, 0.2) is 5.13 Å². The normalized spacial score (nSPS) is 11.6. The minimum Gasteiger partial charge on any atom is -0.308 e. The van der Waals surface area contributed by atoms with Crippen molar-refractivity contribution in [2.24, 2.45) is 0 Å². The maximum absolute atomic E-state index is 13.1. The number of anilines is 1. The first kappa shape index (κ1) is 23.6. The lowest BCUT2D eigenvalue weighted by Gasteiger charge is -2.22. The number of halogens is 5. The first-order chi connectivity index (χ1) is 13.1. The number of alkyl halides is 3. The number of carbonyl (C=O) groups excluding carboxylic acids is 1. The predicted octanol–water partition coefficient (Wildman–Crippen LogP) is 5.71. The van der Waals surface area contributed by atoms with Gasteiger partial charge in [-0.2, -0.15) is 13.2 Å². The Morgan fingerprint density at radius 1 is 1.14 bits per heavy atom. The number of fused-ring (bicyclic) bond motifs is 1. The van der Waals surface area contributed by atoms with Crippen molar-refractivity contribution in [3.05, 3.63) is 58.1 Å². The number of likely N-dealkylation sites (N-methyl/N-ethyl adjacent to an activating group) is 1. The van der Waals surface area contributed by atoms with Gasteiger partial charge in [0.2, 0.25) is 0 Å². The molecule has 0 spiro atoms. The first-order valence-corrected chi connectivity index (χ1v) is 9.96. The average molecular weight is 509 g/mol. The molecule has 1 heterocycles. The molecule has 0 bridgehead atoms. The van der Waals surface area contributed by atoms with E-state index in [4.69, 9.17) is 0 Å². The fourth-order valence-electron chi connectivity index (χ4n) is 2.57. The lowest BCUT2D eigenvalue weighted by atomic mass is 10.1. The number of amides is 1. The molecule has 0 saturated heterocycles. The van der Waals surface area contributed by atoms with E-state index in [0.29, 0.717) is 18.2 Å². The summed E-state index contributed by atoms with van der Waals surface area (Å²) >= 11 is 4.73. The summed E-state index contributed by atoms with van der Waals surface area (Å²) in [6, 6.07) is 10.1. The van der Waals surface area contributed by atoms with E-state index in [1.165, 1.54) is 28.4 Å². The smallest absolute Gasteiger partial charge is 0.308 e. The lowest BCUT2D eigenvalue weighted by molar-refractivity contribution is -0.137. The van der Waals surface area contributed by atoms with Gasteiger partial charge >= 0.3 is 6.18 Å². The molecule has 3 rings (SSSR count). The van der Waals surface area contributed by atoms with Crippen LogP contribution in [0.1, 0.15) is 15.9 Å². The third kappa shape index (κ3) is 5.69. The van der Waals surface area contributed by atoms with Gasteiger partial charge in [-0.05, 0) is 50.5 Å². The Morgan fingerprint density at radius 3 is 2.52 bits per heavy atom. The van der Waals surface area contributed by atoms with Crippen LogP contribution < -0.4 is 4.90 Å². The van der Waals surface area contributed by atoms with Crippen LogP contribution in [-0.4, -0.2) is 43.0 Å². The van der Waals surface area contributed by atoms with Crippen LogP contribution in [0.4, 0.5) is 18.3 Å². The molecular formula is C19H18BrClF3N3OS. The summed E-state index contributed by atoms with van der Waals surface area (Å²) in [6.07, 6.45) is -4.51. The van der Waals surface area contributed by atoms with Crippen LogP contribution in [0.5, 0.6) is 0 Å². The lowest BCUT2D eigenvalue weighted by Crippen LogP contribution is -2.36. The number of hydrogen-bond acceptors (Lipinski definition) is 4. The van der Waals surface area contributed by atoms with E-state index in [2.05, 4.69) is 20.9 Å². The maximum Gasteiger partial charge on any atom is 0.416 e. The Balaban J connectivity index is 0.00000300. The van der Waals surface area contributed by atoms with E-state index in [-0.39, 0.29) is 18.0 Å². The molecule has 0 saturated carbocycles. The van der Waals surface area contributed by atoms with Crippen molar-refractivity contribution >= 4 is 60.9 Å². The van der Waals surface area contributed by atoms with E-state index >= 15 is 0 Å². The van der Waals surface area contributed by atoms with E-state index in [1.54, 1.807) is 0 Å².